The molecule has 2 nitrogen and oxygen atoms in total. The molecule has 94 valence electrons. The smallest absolute Gasteiger partial charge is 0.0642 e. The fraction of sp³-hybridized carbons (Fsp3) is 0.571. The summed E-state index contributed by atoms with van der Waals surface area (Å²) in [5.74, 6) is 0. The van der Waals surface area contributed by atoms with Gasteiger partial charge in [-0.2, -0.15) is 0 Å². The lowest BCUT2D eigenvalue weighted by Crippen LogP contribution is -2.33. The average molecular weight is 253 g/mol. The van der Waals surface area contributed by atoms with Crippen molar-refractivity contribution in [2.75, 3.05) is 11.9 Å². The van der Waals surface area contributed by atoms with Crippen LogP contribution in [0.3, 0.4) is 0 Å². The summed E-state index contributed by atoms with van der Waals surface area (Å²) < 4.78 is 0. The van der Waals surface area contributed by atoms with Gasteiger partial charge in [-0.25, -0.2) is 0 Å². The molecule has 3 heteroatoms. The van der Waals surface area contributed by atoms with E-state index in [1.54, 1.807) is 0 Å². The minimum absolute atomic E-state index is 0.549. The van der Waals surface area contributed by atoms with Crippen LogP contribution >= 0.6 is 11.6 Å². The second-order valence-corrected chi connectivity index (χ2v) is 5.30. The maximum Gasteiger partial charge on any atom is 0.0642 e. The largest absolute Gasteiger partial charge is 0.370 e. The third-order valence-corrected chi connectivity index (χ3v) is 4.05. The van der Waals surface area contributed by atoms with Gasteiger partial charge >= 0.3 is 0 Å². The molecule has 0 aromatic heterocycles. The molecule has 1 saturated carbocycles. The van der Waals surface area contributed by atoms with Gasteiger partial charge in [-0.15, -0.1) is 0 Å². The number of hydrogen-bond donors (Lipinski definition) is 1. The molecule has 1 fully saturated rings. The van der Waals surface area contributed by atoms with E-state index in [0.29, 0.717) is 12.6 Å². The highest BCUT2D eigenvalue weighted by Crippen LogP contribution is 2.31. The number of hydrogen-bond acceptors (Lipinski definition) is 2. The summed E-state index contributed by atoms with van der Waals surface area (Å²) in [5, 5.41) is 0.820. The zero-order valence-electron chi connectivity index (χ0n) is 10.5. The Morgan fingerprint density at radius 2 is 2.00 bits per heavy atom. The lowest BCUT2D eigenvalue weighted by Gasteiger charge is -2.33. The third kappa shape index (κ3) is 2.93. The number of nitrogens with zero attached hydrogens (tertiary/aromatic N) is 1. The van der Waals surface area contributed by atoms with Crippen LogP contribution in [-0.2, 0) is 6.54 Å². The molecule has 1 aliphatic rings. The Hall–Kier alpha value is -0.730. The number of rotatable bonds is 3. The molecule has 0 aliphatic heterocycles. The van der Waals surface area contributed by atoms with Gasteiger partial charge < -0.3 is 10.6 Å². The molecule has 0 bridgehead atoms. The van der Waals surface area contributed by atoms with Crippen molar-refractivity contribution in [1.29, 1.82) is 0 Å². The number of benzene rings is 1. The molecule has 0 saturated heterocycles. The first kappa shape index (κ1) is 12.7. The Labute approximate surface area is 109 Å². The van der Waals surface area contributed by atoms with E-state index in [2.05, 4.69) is 24.1 Å². The van der Waals surface area contributed by atoms with Crippen molar-refractivity contribution < 1.29 is 0 Å². The Kier molecular flexibility index (Phi) is 4.30. The third-order valence-electron chi connectivity index (χ3n) is 3.75. The highest BCUT2D eigenvalue weighted by Gasteiger charge is 2.19. The molecule has 1 aliphatic carbocycles. The Morgan fingerprint density at radius 1 is 1.29 bits per heavy atom. The molecule has 0 amide bonds. The van der Waals surface area contributed by atoms with E-state index >= 15 is 0 Å². The first-order valence-corrected chi connectivity index (χ1v) is 6.81. The van der Waals surface area contributed by atoms with Gasteiger partial charge in [-0.1, -0.05) is 36.9 Å². The predicted octanol–water partition coefficient (Wildman–Crippen LogP) is 3.57. The molecule has 0 unspecified atom stereocenters. The first-order valence-electron chi connectivity index (χ1n) is 6.43. The van der Waals surface area contributed by atoms with Gasteiger partial charge in [0.05, 0.1) is 10.7 Å². The lowest BCUT2D eigenvalue weighted by molar-refractivity contribution is 0.427. The monoisotopic (exact) mass is 252 g/mol. The van der Waals surface area contributed by atoms with Gasteiger partial charge in [0.1, 0.15) is 0 Å². The maximum atomic E-state index is 6.33. The van der Waals surface area contributed by atoms with Crippen molar-refractivity contribution in [3.8, 4) is 0 Å². The number of nitrogens with two attached hydrogens (primary N) is 1. The van der Waals surface area contributed by atoms with Crippen molar-refractivity contribution in [3.05, 3.63) is 28.8 Å². The zero-order valence-corrected chi connectivity index (χ0v) is 11.2. The molecule has 2 N–H and O–H groups in total. The summed E-state index contributed by atoms with van der Waals surface area (Å²) in [4.78, 5) is 2.34. The fourth-order valence-electron chi connectivity index (χ4n) is 2.63. The van der Waals surface area contributed by atoms with E-state index < -0.39 is 0 Å². The Balaban J connectivity index is 2.15. The minimum atomic E-state index is 0.549. The molecule has 1 aromatic carbocycles. The summed E-state index contributed by atoms with van der Waals surface area (Å²) in [6, 6.07) is 6.79. The van der Waals surface area contributed by atoms with E-state index in [0.717, 1.165) is 16.3 Å². The molecular formula is C14H21ClN2. The quantitative estimate of drug-likeness (QED) is 0.891. The Morgan fingerprint density at radius 3 is 2.59 bits per heavy atom. The summed E-state index contributed by atoms with van der Waals surface area (Å²) >= 11 is 6.33. The van der Waals surface area contributed by atoms with Crippen LogP contribution in [0, 0.1) is 0 Å². The maximum absolute atomic E-state index is 6.33. The summed E-state index contributed by atoms with van der Waals surface area (Å²) in [6.45, 7) is 0.549. The first-order chi connectivity index (χ1) is 8.22. The van der Waals surface area contributed by atoms with Crippen LogP contribution < -0.4 is 10.6 Å². The van der Waals surface area contributed by atoms with Gasteiger partial charge in [0.2, 0.25) is 0 Å². The zero-order chi connectivity index (χ0) is 12.3. The van der Waals surface area contributed by atoms with Crippen LogP contribution in [0.5, 0.6) is 0 Å². The van der Waals surface area contributed by atoms with Gasteiger partial charge in [0.15, 0.2) is 0 Å². The minimum Gasteiger partial charge on any atom is -0.370 e. The lowest BCUT2D eigenvalue weighted by atomic mass is 9.94. The van der Waals surface area contributed by atoms with E-state index in [-0.39, 0.29) is 0 Å². The molecule has 2 rings (SSSR count). The van der Waals surface area contributed by atoms with Crippen LogP contribution in [0.1, 0.15) is 37.7 Å². The number of halogens is 1. The van der Waals surface area contributed by atoms with Crippen LogP contribution in [0.2, 0.25) is 5.02 Å². The number of anilines is 1. The van der Waals surface area contributed by atoms with Crippen LogP contribution in [-0.4, -0.2) is 13.1 Å². The van der Waals surface area contributed by atoms with Crippen molar-refractivity contribution in [1.82, 2.24) is 0 Å². The second kappa shape index (κ2) is 5.74. The topological polar surface area (TPSA) is 29.3 Å². The van der Waals surface area contributed by atoms with Gasteiger partial charge in [-0.3, -0.25) is 0 Å². The standard InChI is InChI=1S/C14H21ClN2/c1-17(12-5-3-2-4-6-12)14-8-7-11(10-16)9-13(14)15/h7-9,12H,2-6,10,16H2,1H3. The molecular weight excluding hydrogens is 232 g/mol. The predicted molar refractivity (Wildman–Crippen MR) is 74.6 cm³/mol. The van der Waals surface area contributed by atoms with E-state index in [1.165, 1.54) is 32.1 Å². The molecule has 0 radical (unpaired) electrons. The van der Waals surface area contributed by atoms with E-state index in [9.17, 15) is 0 Å². The molecule has 0 heterocycles. The van der Waals surface area contributed by atoms with Crippen molar-refractivity contribution >= 4 is 17.3 Å². The second-order valence-electron chi connectivity index (χ2n) is 4.89. The van der Waals surface area contributed by atoms with Crippen LogP contribution in [0.4, 0.5) is 5.69 Å². The summed E-state index contributed by atoms with van der Waals surface area (Å²) in [6.07, 6.45) is 6.63. The van der Waals surface area contributed by atoms with Gasteiger partial charge in [-0.05, 0) is 30.5 Å². The van der Waals surface area contributed by atoms with Crippen molar-refractivity contribution in [2.45, 2.75) is 44.7 Å². The van der Waals surface area contributed by atoms with Crippen LogP contribution in [0.25, 0.3) is 0 Å². The summed E-state index contributed by atoms with van der Waals surface area (Å²) in [7, 11) is 2.15. The fourth-order valence-corrected chi connectivity index (χ4v) is 2.96. The van der Waals surface area contributed by atoms with E-state index in [1.807, 2.05) is 6.07 Å². The van der Waals surface area contributed by atoms with Gasteiger partial charge in [0, 0.05) is 19.6 Å². The molecule has 17 heavy (non-hydrogen) atoms. The highest BCUT2D eigenvalue weighted by molar-refractivity contribution is 6.33. The van der Waals surface area contributed by atoms with Crippen LogP contribution in [0.15, 0.2) is 18.2 Å². The highest BCUT2D eigenvalue weighted by atomic mass is 35.5. The molecule has 1 aromatic rings. The normalized spacial score (nSPS) is 17.1. The van der Waals surface area contributed by atoms with Crippen molar-refractivity contribution in [2.24, 2.45) is 5.73 Å². The SMILES string of the molecule is CN(c1ccc(CN)cc1Cl)C1CCCCC1. The molecule has 0 spiro atoms. The van der Waals surface area contributed by atoms with Crippen molar-refractivity contribution in [3.63, 3.8) is 0 Å². The van der Waals surface area contributed by atoms with Gasteiger partial charge in [0.25, 0.3) is 0 Å². The Bertz CT molecular complexity index is 372. The van der Waals surface area contributed by atoms with E-state index in [4.69, 9.17) is 17.3 Å². The summed E-state index contributed by atoms with van der Waals surface area (Å²) in [5.41, 5.74) is 7.84. The molecule has 0 atom stereocenters. The average Bonchev–Trinajstić information content (AvgIpc) is 2.39.